The highest BCUT2D eigenvalue weighted by molar-refractivity contribution is 6.21. The summed E-state index contributed by atoms with van der Waals surface area (Å²) in [5.41, 5.74) is 0.586. The maximum atomic E-state index is 13.5. The molecule has 29 heavy (non-hydrogen) atoms. The lowest BCUT2D eigenvalue weighted by Crippen LogP contribution is -2.41. The summed E-state index contributed by atoms with van der Waals surface area (Å²) in [4.78, 5) is 50.0. The van der Waals surface area contributed by atoms with Crippen LogP contribution in [0.3, 0.4) is 0 Å². The van der Waals surface area contributed by atoms with Crippen LogP contribution in [0.4, 0.5) is 8.78 Å². The van der Waals surface area contributed by atoms with Crippen LogP contribution in [0.1, 0.15) is 38.7 Å². The Balaban J connectivity index is 1.68. The number of carbonyl (C=O) groups excluding carboxylic acids is 4. The normalized spacial score (nSPS) is 13.8. The second-order valence-electron chi connectivity index (χ2n) is 6.35. The van der Waals surface area contributed by atoms with Crippen LogP contribution in [-0.4, -0.2) is 42.1 Å². The van der Waals surface area contributed by atoms with Gasteiger partial charge in [0.25, 0.3) is 11.8 Å². The van der Waals surface area contributed by atoms with Gasteiger partial charge in [-0.3, -0.25) is 24.1 Å². The molecule has 9 heteroatoms. The molecule has 1 unspecified atom stereocenters. The number of halogens is 2. The second-order valence-corrected chi connectivity index (χ2v) is 6.35. The number of rotatable bonds is 6. The smallest absolute Gasteiger partial charge is 0.261 e. The van der Waals surface area contributed by atoms with Gasteiger partial charge in [0, 0.05) is 20.0 Å². The van der Waals surface area contributed by atoms with Crippen LogP contribution >= 0.6 is 0 Å². The summed E-state index contributed by atoms with van der Waals surface area (Å²) in [6.07, 6.45) is -0.261. The lowest BCUT2D eigenvalue weighted by atomic mass is 10.1. The van der Waals surface area contributed by atoms with E-state index in [0.29, 0.717) is 0 Å². The van der Waals surface area contributed by atoms with E-state index in [1.165, 1.54) is 25.2 Å². The van der Waals surface area contributed by atoms with Gasteiger partial charge in [-0.25, -0.2) is 8.78 Å². The van der Waals surface area contributed by atoms with E-state index in [-0.39, 0.29) is 29.7 Å². The molecule has 2 aromatic carbocycles. The van der Waals surface area contributed by atoms with E-state index in [1.807, 2.05) is 0 Å². The molecule has 0 saturated carbocycles. The van der Waals surface area contributed by atoms with Gasteiger partial charge < -0.3 is 10.6 Å². The topological polar surface area (TPSA) is 95.6 Å². The van der Waals surface area contributed by atoms with E-state index >= 15 is 0 Å². The highest BCUT2D eigenvalue weighted by Gasteiger charge is 2.35. The maximum Gasteiger partial charge on any atom is 0.261 e. The lowest BCUT2D eigenvalue weighted by Gasteiger charge is -2.19. The van der Waals surface area contributed by atoms with E-state index in [4.69, 9.17) is 0 Å². The first-order chi connectivity index (χ1) is 13.8. The van der Waals surface area contributed by atoms with Gasteiger partial charge in [-0.2, -0.15) is 0 Å². The molecule has 2 N–H and O–H groups in total. The number of imide groups is 1. The first kappa shape index (κ1) is 20.1. The fourth-order valence-corrected chi connectivity index (χ4v) is 3.03. The van der Waals surface area contributed by atoms with Crippen molar-refractivity contribution in [3.8, 4) is 0 Å². The third-order valence-electron chi connectivity index (χ3n) is 4.53. The molecule has 0 spiro atoms. The number of hydrogen-bond acceptors (Lipinski definition) is 4. The number of carbonyl (C=O) groups is 4. The quantitative estimate of drug-likeness (QED) is 0.718. The lowest BCUT2D eigenvalue weighted by molar-refractivity contribution is -0.129. The second kappa shape index (κ2) is 8.17. The number of nitrogens with zero attached hydrogens (tertiary/aromatic N) is 1. The van der Waals surface area contributed by atoms with Crippen molar-refractivity contribution in [1.29, 1.82) is 0 Å². The molecular weight excluding hydrogens is 384 g/mol. The SMILES string of the molecule is CNC(=O)C(NC(=O)CCN1C(=O)c2ccccc2C1=O)c1ccc(F)c(F)c1. The van der Waals surface area contributed by atoms with Gasteiger partial charge in [0.15, 0.2) is 11.6 Å². The minimum Gasteiger partial charge on any atom is -0.357 e. The molecule has 0 radical (unpaired) electrons. The number of likely N-dealkylation sites (N-methyl/N-ethyl adjacent to an activating group) is 1. The first-order valence-electron chi connectivity index (χ1n) is 8.74. The minimum absolute atomic E-state index is 0.0531. The third-order valence-corrected chi connectivity index (χ3v) is 4.53. The summed E-state index contributed by atoms with van der Waals surface area (Å²) >= 11 is 0. The molecule has 0 fully saturated rings. The third kappa shape index (κ3) is 3.98. The Hall–Kier alpha value is -3.62. The Kier molecular flexibility index (Phi) is 5.67. The van der Waals surface area contributed by atoms with Crippen molar-refractivity contribution in [2.75, 3.05) is 13.6 Å². The highest BCUT2D eigenvalue weighted by Crippen LogP contribution is 2.22. The minimum atomic E-state index is -1.26. The standard InChI is InChI=1S/C20H17F2N3O4/c1-23-18(27)17(11-6-7-14(21)15(22)10-11)24-16(26)8-9-25-19(28)12-4-2-3-5-13(12)20(25)29/h2-7,10,17H,8-9H2,1H3,(H,23,27)(H,24,26). The van der Waals surface area contributed by atoms with Crippen molar-refractivity contribution in [3.05, 3.63) is 70.8 Å². The largest absolute Gasteiger partial charge is 0.357 e. The van der Waals surface area contributed by atoms with Gasteiger partial charge in [0.2, 0.25) is 11.8 Å². The number of nitrogens with one attached hydrogen (secondary N) is 2. The van der Waals surface area contributed by atoms with Crippen molar-refractivity contribution >= 4 is 23.6 Å². The molecule has 0 aliphatic carbocycles. The molecule has 2 aromatic rings. The Morgan fingerprint density at radius 2 is 1.62 bits per heavy atom. The van der Waals surface area contributed by atoms with Gasteiger partial charge >= 0.3 is 0 Å². The molecule has 4 amide bonds. The van der Waals surface area contributed by atoms with E-state index in [9.17, 15) is 28.0 Å². The Morgan fingerprint density at radius 1 is 1.00 bits per heavy atom. The van der Waals surface area contributed by atoms with Crippen molar-refractivity contribution < 1.29 is 28.0 Å². The summed E-state index contributed by atoms with van der Waals surface area (Å²) in [5, 5.41) is 4.75. The van der Waals surface area contributed by atoms with Gasteiger partial charge in [0.05, 0.1) is 11.1 Å². The predicted molar refractivity (Wildman–Crippen MR) is 97.7 cm³/mol. The molecule has 0 bridgehead atoms. The Morgan fingerprint density at radius 3 is 2.17 bits per heavy atom. The van der Waals surface area contributed by atoms with Crippen molar-refractivity contribution in [3.63, 3.8) is 0 Å². The number of benzene rings is 2. The molecule has 1 atom stereocenters. The van der Waals surface area contributed by atoms with Crippen LogP contribution < -0.4 is 10.6 Å². The van der Waals surface area contributed by atoms with Crippen LogP contribution in [0.5, 0.6) is 0 Å². The summed E-state index contributed by atoms with van der Waals surface area (Å²) in [7, 11) is 1.33. The van der Waals surface area contributed by atoms with Gasteiger partial charge in [-0.15, -0.1) is 0 Å². The molecular formula is C20H17F2N3O4. The molecule has 0 aromatic heterocycles. The number of hydrogen-bond donors (Lipinski definition) is 2. The molecule has 1 aliphatic rings. The number of fused-ring (bicyclic) bond motifs is 1. The summed E-state index contributed by atoms with van der Waals surface area (Å²) < 4.78 is 26.7. The van der Waals surface area contributed by atoms with Crippen molar-refractivity contribution in [2.24, 2.45) is 0 Å². The number of amides is 4. The van der Waals surface area contributed by atoms with Crippen LogP contribution in [-0.2, 0) is 9.59 Å². The monoisotopic (exact) mass is 401 g/mol. The highest BCUT2D eigenvalue weighted by atomic mass is 19.2. The van der Waals surface area contributed by atoms with Gasteiger partial charge in [0.1, 0.15) is 6.04 Å². The summed E-state index contributed by atoms with van der Waals surface area (Å²) in [6.45, 7) is -0.184. The molecule has 1 heterocycles. The average Bonchev–Trinajstić information content (AvgIpc) is 2.96. The average molecular weight is 401 g/mol. The zero-order valence-electron chi connectivity index (χ0n) is 15.4. The Labute approximate surface area is 164 Å². The Bertz CT molecular complexity index is 974. The van der Waals surface area contributed by atoms with Crippen LogP contribution in [0.2, 0.25) is 0 Å². The first-order valence-corrected chi connectivity index (χ1v) is 8.74. The van der Waals surface area contributed by atoms with Crippen LogP contribution in [0, 0.1) is 11.6 Å². The molecule has 7 nitrogen and oxygen atoms in total. The molecule has 0 saturated heterocycles. The predicted octanol–water partition coefficient (Wildman–Crippen LogP) is 1.55. The van der Waals surface area contributed by atoms with E-state index < -0.39 is 41.3 Å². The van der Waals surface area contributed by atoms with Gasteiger partial charge in [-0.1, -0.05) is 18.2 Å². The van der Waals surface area contributed by atoms with E-state index in [2.05, 4.69) is 10.6 Å². The zero-order valence-corrected chi connectivity index (χ0v) is 15.4. The van der Waals surface area contributed by atoms with E-state index in [0.717, 1.165) is 17.0 Å². The fourth-order valence-electron chi connectivity index (χ4n) is 3.03. The molecule has 150 valence electrons. The molecule has 3 rings (SSSR count). The van der Waals surface area contributed by atoms with Crippen molar-refractivity contribution in [2.45, 2.75) is 12.5 Å². The summed E-state index contributed by atoms with van der Waals surface area (Å²) in [5.74, 6) is -4.51. The maximum absolute atomic E-state index is 13.5. The van der Waals surface area contributed by atoms with Crippen molar-refractivity contribution in [1.82, 2.24) is 15.5 Å². The zero-order chi connectivity index (χ0) is 21.1. The molecule has 1 aliphatic heterocycles. The van der Waals surface area contributed by atoms with E-state index in [1.54, 1.807) is 12.1 Å². The summed E-state index contributed by atoms with van der Waals surface area (Å²) in [6, 6.07) is 7.92. The van der Waals surface area contributed by atoms with Gasteiger partial charge in [-0.05, 0) is 29.8 Å². The van der Waals surface area contributed by atoms with Crippen LogP contribution in [0.25, 0.3) is 0 Å². The van der Waals surface area contributed by atoms with Crippen LogP contribution in [0.15, 0.2) is 42.5 Å². The fraction of sp³-hybridized carbons (Fsp3) is 0.200.